The fourth-order valence-electron chi connectivity index (χ4n) is 2.45. The van der Waals surface area contributed by atoms with Gasteiger partial charge in [-0.05, 0) is 34.5 Å². The van der Waals surface area contributed by atoms with Crippen molar-refractivity contribution in [2.75, 3.05) is 7.11 Å². The fraction of sp³-hybridized carbons (Fsp3) is 0.0476. The number of hydrogen-bond acceptors (Lipinski definition) is 3. The van der Waals surface area contributed by atoms with Gasteiger partial charge in [-0.3, -0.25) is 4.79 Å². The quantitative estimate of drug-likeness (QED) is 0.436. The van der Waals surface area contributed by atoms with E-state index in [-0.39, 0.29) is 5.91 Å². The van der Waals surface area contributed by atoms with Crippen LogP contribution in [0.1, 0.15) is 11.1 Å². The minimum absolute atomic E-state index is 0.285. The topological polar surface area (TPSA) is 50.7 Å². The van der Waals surface area contributed by atoms with Crippen molar-refractivity contribution in [3.8, 4) is 5.75 Å². The Hall–Kier alpha value is -3.40. The van der Waals surface area contributed by atoms with Crippen molar-refractivity contribution in [3.05, 3.63) is 83.9 Å². The molecule has 25 heavy (non-hydrogen) atoms. The first-order valence-corrected chi connectivity index (χ1v) is 7.89. The molecule has 0 spiro atoms. The highest BCUT2D eigenvalue weighted by Gasteiger charge is 1.98. The Morgan fingerprint density at radius 3 is 2.56 bits per heavy atom. The predicted octanol–water partition coefficient (Wildman–Crippen LogP) is 4.01. The normalized spacial score (nSPS) is 11.2. The van der Waals surface area contributed by atoms with Crippen LogP contribution >= 0.6 is 0 Å². The summed E-state index contributed by atoms with van der Waals surface area (Å²) < 4.78 is 5.10. The Balaban J connectivity index is 1.63. The second-order valence-electron chi connectivity index (χ2n) is 5.41. The molecule has 0 atom stereocenters. The summed E-state index contributed by atoms with van der Waals surface area (Å²) in [5.74, 6) is 0.494. The van der Waals surface area contributed by atoms with E-state index in [0.717, 1.165) is 27.6 Å². The van der Waals surface area contributed by atoms with Gasteiger partial charge >= 0.3 is 0 Å². The van der Waals surface area contributed by atoms with Crippen molar-refractivity contribution < 1.29 is 9.53 Å². The van der Waals surface area contributed by atoms with Crippen LogP contribution in [0.2, 0.25) is 0 Å². The summed E-state index contributed by atoms with van der Waals surface area (Å²) in [4.78, 5) is 11.9. The molecule has 0 aliphatic heterocycles. The lowest BCUT2D eigenvalue weighted by Gasteiger charge is -2.01. The van der Waals surface area contributed by atoms with Gasteiger partial charge in [0.15, 0.2) is 0 Å². The van der Waals surface area contributed by atoms with Crippen molar-refractivity contribution in [2.45, 2.75) is 0 Å². The number of hydrogen-bond donors (Lipinski definition) is 1. The van der Waals surface area contributed by atoms with Crippen LogP contribution in [0.5, 0.6) is 5.75 Å². The van der Waals surface area contributed by atoms with E-state index < -0.39 is 0 Å². The first-order chi connectivity index (χ1) is 12.3. The van der Waals surface area contributed by atoms with Crippen LogP contribution in [-0.4, -0.2) is 19.2 Å². The number of carbonyl (C=O) groups is 1. The van der Waals surface area contributed by atoms with Crippen LogP contribution in [-0.2, 0) is 4.79 Å². The average molecular weight is 330 g/mol. The van der Waals surface area contributed by atoms with E-state index in [2.05, 4.69) is 10.5 Å². The molecule has 0 radical (unpaired) electrons. The van der Waals surface area contributed by atoms with Crippen LogP contribution < -0.4 is 10.2 Å². The highest BCUT2D eigenvalue weighted by atomic mass is 16.5. The minimum atomic E-state index is -0.285. The van der Waals surface area contributed by atoms with Crippen LogP contribution in [0.3, 0.4) is 0 Å². The van der Waals surface area contributed by atoms with Gasteiger partial charge in [0.05, 0.1) is 13.3 Å². The third kappa shape index (κ3) is 4.32. The summed E-state index contributed by atoms with van der Waals surface area (Å²) >= 11 is 0. The molecule has 124 valence electrons. The lowest BCUT2D eigenvalue weighted by atomic mass is 10.1. The fourth-order valence-corrected chi connectivity index (χ4v) is 2.45. The van der Waals surface area contributed by atoms with Crippen molar-refractivity contribution in [1.29, 1.82) is 0 Å². The van der Waals surface area contributed by atoms with Crippen LogP contribution in [0.15, 0.2) is 77.9 Å². The molecule has 0 saturated heterocycles. The number of fused-ring (bicyclic) bond motifs is 1. The highest BCUT2D eigenvalue weighted by Crippen LogP contribution is 2.16. The zero-order valence-corrected chi connectivity index (χ0v) is 13.8. The Kier molecular flexibility index (Phi) is 5.22. The Morgan fingerprint density at radius 1 is 1.00 bits per heavy atom. The standard InChI is InChI=1S/C21H18N2O2/c1-25-19-12-9-16(10-13-19)11-14-21(24)23-22-15-18-7-4-6-17-5-2-3-8-20(17)18/h2-15H,1H3,(H,23,24)/b14-11+,22-15+. The molecule has 0 bridgehead atoms. The van der Waals surface area contributed by atoms with Gasteiger partial charge in [-0.15, -0.1) is 0 Å². The van der Waals surface area contributed by atoms with Crippen molar-refractivity contribution >= 4 is 29.0 Å². The molecular weight excluding hydrogens is 312 g/mol. The number of nitrogens with one attached hydrogen (secondary N) is 1. The maximum absolute atomic E-state index is 11.9. The van der Waals surface area contributed by atoms with E-state index in [0.29, 0.717) is 0 Å². The first kappa shape index (κ1) is 16.5. The number of amides is 1. The summed E-state index contributed by atoms with van der Waals surface area (Å²) in [6.45, 7) is 0. The van der Waals surface area contributed by atoms with Gasteiger partial charge in [0, 0.05) is 11.6 Å². The van der Waals surface area contributed by atoms with Crippen molar-refractivity contribution in [1.82, 2.24) is 5.43 Å². The highest BCUT2D eigenvalue weighted by molar-refractivity contribution is 6.00. The lowest BCUT2D eigenvalue weighted by Crippen LogP contribution is -2.14. The van der Waals surface area contributed by atoms with Gasteiger partial charge in [0.1, 0.15) is 5.75 Å². The molecule has 0 aromatic heterocycles. The number of rotatable bonds is 5. The molecule has 3 rings (SSSR count). The number of methoxy groups -OCH3 is 1. The number of carbonyl (C=O) groups excluding carboxylic acids is 1. The van der Waals surface area contributed by atoms with Crippen LogP contribution in [0.25, 0.3) is 16.8 Å². The SMILES string of the molecule is COc1ccc(/C=C/C(=O)N/N=C/c2cccc3ccccc23)cc1. The second-order valence-corrected chi connectivity index (χ2v) is 5.41. The van der Waals surface area contributed by atoms with Crippen molar-refractivity contribution in [3.63, 3.8) is 0 Å². The molecule has 0 aliphatic rings. The van der Waals surface area contributed by atoms with Gasteiger partial charge in [-0.25, -0.2) is 5.43 Å². The molecule has 4 nitrogen and oxygen atoms in total. The Bertz CT molecular complexity index is 923. The third-order valence-corrected chi connectivity index (χ3v) is 3.74. The molecule has 3 aromatic rings. The zero-order valence-electron chi connectivity index (χ0n) is 13.8. The molecule has 4 heteroatoms. The molecule has 1 N–H and O–H groups in total. The van der Waals surface area contributed by atoms with Gasteiger partial charge in [0.2, 0.25) is 0 Å². The predicted molar refractivity (Wildman–Crippen MR) is 102 cm³/mol. The van der Waals surface area contributed by atoms with Crippen molar-refractivity contribution in [2.24, 2.45) is 5.10 Å². The first-order valence-electron chi connectivity index (χ1n) is 7.89. The summed E-state index contributed by atoms with van der Waals surface area (Å²) in [5, 5.41) is 6.27. The molecule has 0 heterocycles. The van der Waals surface area contributed by atoms with E-state index in [9.17, 15) is 4.79 Å². The maximum Gasteiger partial charge on any atom is 0.264 e. The summed E-state index contributed by atoms with van der Waals surface area (Å²) in [6.07, 6.45) is 4.83. The molecule has 0 saturated carbocycles. The Morgan fingerprint density at radius 2 is 1.76 bits per heavy atom. The molecular formula is C21H18N2O2. The van der Waals surface area contributed by atoms with E-state index in [1.807, 2.05) is 66.7 Å². The number of hydrazone groups is 1. The molecule has 0 unspecified atom stereocenters. The number of benzene rings is 3. The van der Waals surface area contributed by atoms with E-state index in [4.69, 9.17) is 4.74 Å². The van der Waals surface area contributed by atoms with Gasteiger partial charge in [-0.1, -0.05) is 54.6 Å². The van der Waals surface area contributed by atoms with Gasteiger partial charge < -0.3 is 4.74 Å². The molecule has 0 fully saturated rings. The zero-order chi connectivity index (χ0) is 17.5. The lowest BCUT2D eigenvalue weighted by molar-refractivity contribution is -0.116. The monoisotopic (exact) mass is 330 g/mol. The van der Waals surface area contributed by atoms with Crippen LogP contribution in [0, 0.1) is 0 Å². The van der Waals surface area contributed by atoms with Gasteiger partial charge in [-0.2, -0.15) is 5.10 Å². The second kappa shape index (κ2) is 7.93. The maximum atomic E-state index is 11.9. The number of nitrogens with zero attached hydrogens (tertiary/aromatic N) is 1. The van der Waals surface area contributed by atoms with E-state index in [1.165, 1.54) is 6.08 Å². The van der Waals surface area contributed by atoms with E-state index >= 15 is 0 Å². The largest absolute Gasteiger partial charge is 0.497 e. The smallest absolute Gasteiger partial charge is 0.264 e. The van der Waals surface area contributed by atoms with E-state index in [1.54, 1.807) is 19.4 Å². The third-order valence-electron chi connectivity index (χ3n) is 3.74. The molecule has 0 aliphatic carbocycles. The van der Waals surface area contributed by atoms with Gasteiger partial charge in [0.25, 0.3) is 5.91 Å². The molecule has 1 amide bonds. The Labute approximate surface area is 146 Å². The average Bonchev–Trinajstić information content (AvgIpc) is 2.67. The summed E-state index contributed by atoms with van der Waals surface area (Å²) in [5.41, 5.74) is 4.37. The summed E-state index contributed by atoms with van der Waals surface area (Å²) in [7, 11) is 1.62. The molecule has 3 aromatic carbocycles. The minimum Gasteiger partial charge on any atom is -0.497 e. The van der Waals surface area contributed by atoms with Crippen LogP contribution in [0.4, 0.5) is 0 Å². The number of ether oxygens (including phenoxy) is 1. The summed E-state index contributed by atoms with van der Waals surface area (Å²) in [6, 6.07) is 21.5.